The number of rotatable bonds is 2. The van der Waals surface area contributed by atoms with Crippen LogP contribution in [0.25, 0.3) is 0 Å². The van der Waals surface area contributed by atoms with Gasteiger partial charge >= 0.3 is 0 Å². The molecule has 1 saturated heterocycles. The molecule has 0 spiro atoms. The highest BCUT2D eigenvalue weighted by Crippen LogP contribution is 2.25. The van der Waals surface area contributed by atoms with E-state index in [1.807, 2.05) is 30.0 Å². The monoisotopic (exact) mass is 271 g/mol. The zero-order valence-corrected chi connectivity index (χ0v) is 12.0. The highest BCUT2D eigenvalue weighted by Gasteiger charge is 2.19. The van der Waals surface area contributed by atoms with Gasteiger partial charge in [0.2, 0.25) is 5.91 Å². The summed E-state index contributed by atoms with van der Waals surface area (Å²) in [5.41, 5.74) is 2.98. The molecule has 1 heterocycles. The number of aliphatic hydroxyl groups is 1. The lowest BCUT2D eigenvalue weighted by atomic mass is 10.1. The Morgan fingerprint density at radius 1 is 1.30 bits per heavy atom. The molecular formula is C17H21NO2. The van der Waals surface area contributed by atoms with E-state index < -0.39 is 0 Å². The number of hydrogen-bond donors (Lipinski definition) is 1. The van der Waals surface area contributed by atoms with E-state index in [9.17, 15) is 4.79 Å². The van der Waals surface area contributed by atoms with Crippen LogP contribution in [-0.2, 0) is 4.79 Å². The summed E-state index contributed by atoms with van der Waals surface area (Å²) in [6.45, 7) is 2.90. The van der Waals surface area contributed by atoms with Gasteiger partial charge in [0.1, 0.15) is 0 Å². The standard InChI is InChI=1S/C17H21NO2/c1-14-9-10-15(7-4-6-12-19)13-16(14)18-11-5-2-3-8-17(18)20/h9-10,13,19H,2-3,5-6,8,11-12H2,1H3. The Labute approximate surface area is 120 Å². The Morgan fingerprint density at radius 2 is 2.15 bits per heavy atom. The quantitative estimate of drug-likeness (QED) is 0.840. The molecule has 1 aliphatic rings. The minimum absolute atomic E-state index is 0.0797. The topological polar surface area (TPSA) is 40.5 Å². The van der Waals surface area contributed by atoms with Crippen molar-refractivity contribution in [3.05, 3.63) is 29.3 Å². The third-order valence-corrected chi connectivity index (χ3v) is 3.54. The summed E-state index contributed by atoms with van der Waals surface area (Å²) in [5.74, 6) is 6.17. The molecule has 0 saturated carbocycles. The second kappa shape index (κ2) is 7.12. The summed E-state index contributed by atoms with van der Waals surface area (Å²) < 4.78 is 0. The first-order valence-electron chi connectivity index (χ1n) is 7.23. The van der Waals surface area contributed by atoms with E-state index in [1.54, 1.807) is 0 Å². The van der Waals surface area contributed by atoms with Crippen LogP contribution in [0.4, 0.5) is 5.69 Å². The fourth-order valence-corrected chi connectivity index (χ4v) is 2.44. The molecule has 2 rings (SSSR count). The van der Waals surface area contributed by atoms with Crippen LogP contribution in [-0.4, -0.2) is 24.2 Å². The van der Waals surface area contributed by atoms with Gasteiger partial charge in [0.25, 0.3) is 0 Å². The van der Waals surface area contributed by atoms with E-state index in [0.29, 0.717) is 12.8 Å². The fraction of sp³-hybridized carbons (Fsp3) is 0.471. The molecule has 3 nitrogen and oxygen atoms in total. The lowest BCUT2D eigenvalue weighted by Crippen LogP contribution is -2.30. The molecule has 1 fully saturated rings. The molecule has 1 aromatic rings. The van der Waals surface area contributed by atoms with Crippen LogP contribution < -0.4 is 4.90 Å². The van der Waals surface area contributed by atoms with Crippen molar-refractivity contribution in [3.8, 4) is 11.8 Å². The molecule has 0 bridgehead atoms. The number of amides is 1. The number of nitrogens with zero attached hydrogens (tertiary/aromatic N) is 1. The van der Waals surface area contributed by atoms with Crippen LogP contribution in [0, 0.1) is 18.8 Å². The second-order valence-corrected chi connectivity index (χ2v) is 5.13. The van der Waals surface area contributed by atoms with Crippen LogP contribution in [0.2, 0.25) is 0 Å². The van der Waals surface area contributed by atoms with E-state index >= 15 is 0 Å². The number of carbonyl (C=O) groups is 1. The van der Waals surface area contributed by atoms with E-state index in [4.69, 9.17) is 5.11 Å². The first kappa shape index (κ1) is 14.6. The number of benzene rings is 1. The highest BCUT2D eigenvalue weighted by atomic mass is 16.2. The van der Waals surface area contributed by atoms with Crippen molar-refractivity contribution in [2.24, 2.45) is 0 Å². The summed E-state index contributed by atoms with van der Waals surface area (Å²) in [6, 6.07) is 5.96. The van der Waals surface area contributed by atoms with E-state index in [1.165, 1.54) is 0 Å². The number of carbonyl (C=O) groups excluding carboxylic acids is 1. The van der Waals surface area contributed by atoms with Crippen molar-refractivity contribution in [1.29, 1.82) is 0 Å². The fourth-order valence-electron chi connectivity index (χ4n) is 2.44. The van der Waals surface area contributed by atoms with Crippen molar-refractivity contribution in [1.82, 2.24) is 0 Å². The van der Waals surface area contributed by atoms with Gasteiger partial charge in [-0.15, -0.1) is 0 Å². The SMILES string of the molecule is Cc1ccc(C#CCCO)cc1N1CCCCCC1=O. The minimum Gasteiger partial charge on any atom is -0.395 e. The van der Waals surface area contributed by atoms with Crippen molar-refractivity contribution in [2.45, 2.75) is 39.0 Å². The Bertz CT molecular complexity index is 540. The van der Waals surface area contributed by atoms with E-state index in [-0.39, 0.29) is 12.5 Å². The molecular weight excluding hydrogens is 250 g/mol. The Hall–Kier alpha value is -1.79. The van der Waals surface area contributed by atoms with Crippen molar-refractivity contribution in [3.63, 3.8) is 0 Å². The molecule has 1 aromatic carbocycles. The Morgan fingerprint density at radius 3 is 2.95 bits per heavy atom. The van der Waals surface area contributed by atoms with Crippen molar-refractivity contribution >= 4 is 11.6 Å². The predicted molar refractivity (Wildman–Crippen MR) is 80.6 cm³/mol. The molecule has 0 radical (unpaired) electrons. The number of aliphatic hydroxyl groups excluding tert-OH is 1. The van der Waals surface area contributed by atoms with Crippen LogP contribution in [0.3, 0.4) is 0 Å². The van der Waals surface area contributed by atoms with Gasteiger partial charge in [0.05, 0.1) is 6.61 Å². The minimum atomic E-state index is 0.0797. The van der Waals surface area contributed by atoms with E-state index in [0.717, 1.165) is 42.6 Å². The molecule has 0 aliphatic carbocycles. The van der Waals surface area contributed by atoms with Gasteiger partial charge in [-0.1, -0.05) is 24.3 Å². The Kier molecular flexibility index (Phi) is 5.20. The highest BCUT2D eigenvalue weighted by molar-refractivity contribution is 5.94. The molecule has 1 N–H and O–H groups in total. The molecule has 106 valence electrons. The molecule has 1 aliphatic heterocycles. The van der Waals surface area contributed by atoms with Crippen LogP contribution >= 0.6 is 0 Å². The smallest absolute Gasteiger partial charge is 0.226 e. The third kappa shape index (κ3) is 3.61. The summed E-state index contributed by atoms with van der Waals surface area (Å²) in [7, 11) is 0. The van der Waals surface area contributed by atoms with E-state index in [2.05, 4.69) is 11.8 Å². The number of aryl methyl sites for hydroxylation is 1. The van der Waals surface area contributed by atoms with Gasteiger partial charge in [-0.05, 0) is 37.5 Å². The van der Waals surface area contributed by atoms with Gasteiger partial charge < -0.3 is 10.0 Å². The van der Waals surface area contributed by atoms with Gasteiger partial charge in [-0.25, -0.2) is 0 Å². The molecule has 0 aromatic heterocycles. The summed E-state index contributed by atoms with van der Waals surface area (Å²) in [5, 5.41) is 8.76. The van der Waals surface area contributed by atoms with Crippen LogP contribution in [0.5, 0.6) is 0 Å². The van der Waals surface area contributed by atoms with Gasteiger partial charge in [0.15, 0.2) is 0 Å². The zero-order chi connectivity index (χ0) is 14.4. The Balaban J connectivity index is 2.28. The summed E-state index contributed by atoms with van der Waals surface area (Å²) >= 11 is 0. The van der Waals surface area contributed by atoms with Gasteiger partial charge in [-0.3, -0.25) is 4.79 Å². The van der Waals surface area contributed by atoms with Crippen molar-refractivity contribution in [2.75, 3.05) is 18.1 Å². The van der Waals surface area contributed by atoms with Crippen molar-refractivity contribution < 1.29 is 9.90 Å². The first-order valence-corrected chi connectivity index (χ1v) is 7.23. The summed E-state index contributed by atoms with van der Waals surface area (Å²) in [6.07, 6.45) is 4.29. The second-order valence-electron chi connectivity index (χ2n) is 5.13. The van der Waals surface area contributed by atoms with Crippen LogP contribution in [0.1, 0.15) is 43.2 Å². The zero-order valence-electron chi connectivity index (χ0n) is 12.0. The molecule has 1 amide bonds. The van der Waals surface area contributed by atoms with Gasteiger partial charge in [-0.2, -0.15) is 0 Å². The lowest BCUT2D eigenvalue weighted by molar-refractivity contribution is -0.118. The van der Waals surface area contributed by atoms with Gasteiger partial charge in [0, 0.05) is 30.6 Å². The maximum Gasteiger partial charge on any atom is 0.226 e. The first-order chi connectivity index (χ1) is 9.72. The average molecular weight is 271 g/mol. The molecule has 20 heavy (non-hydrogen) atoms. The number of hydrogen-bond acceptors (Lipinski definition) is 2. The third-order valence-electron chi connectivity index (χ3n) is 3.54. The molecule has 0 unspecified atom stereocenters. The number of anilines is 1. The normalized spacial score (nSPS) is 15.5. The predicted octanol–water partition coefficient (Wildman–Crippen LogP) is 2.64. The lowest BCUT2D eigenvalue weighted by Gasteiger charge is -2.23. The van der Waals surface area contributed by atoms with Crippen LogP contribution in [0.15, 0.2) is 18.2 Å². The maximum atomic E-state index is 12.2. The largest absolute Gasteiger partial charge is 0.395 e. The maximum absolute atomic E-state index is 12.2. The average Bonchev–Trinajstić information content (AvgIpc) is 2.66. The molecule has 0 atom stereocenters. The summed E-state index contributed by atoms with van der Waals surface area (Å²) in [4.78, 5) is 14.1. The molecule has 3 heteroatoms.